The van der Waals surface area contributed by atoms with Gasteiger partial charge < -0.3 is 19.6 Å². The molecule has 2 heterocycles. The van der Waals surface area contributed by atoms with Crippen molar-refractivity contribution in [3.05, 3.63) is 71.3 Å². The van der Waals surface area contributed by atoms with Crippen LogP contribution in [0.3, 0.4) is 0 Å². The van der Waals surface area contributed by atoms with E-state index in [2.05, 4.69) is 10.1 Å². The monoisotopic (exact) mass is 633 g/mol. The van der Waals surface area contributed by atoms with Gasteiger partial charge >= 0.3 is 12.1 Å². The Bertz CT molecular complexity index is 1580. The highest BCUT2D eigenvalue weighted by Crippen LogP contribution is 2.40. The third kappa shape index (κ3) is 7.78. The van der Waals surface area contributed by atoms with Crippen molar-refractivity contribution in [1.82, 2.24) is 24.6 Å². The predicted molar refractivity (Wildman–Crippen MR) is 154 cm³/mol. The number of hydrogen-bond acceptors (Lipinski definition) is 6. The van der Waals surface area contributed by atoms with Crippen molar-refractivity contribution in [2.75, 3.05) is 19.6 Å². The molecule has 0 bridgehead atoms. The predicted octanol–water partition coefficient (Wildman–Crippen LogP) is 5.23. The van der Waals surface area contributed by atoms with E-state index in [4.69, 9.17) is 4.74 Å². The average Bonchev–Trinajstić information content (AvgIpc) is 3.51. The molecule has 14 heteroatoms. The smallest absolute Gasteiger partial charge is 0.407 e. The first-order valence-electron chi connectivity index (χ1n) is 14.3. The van der Waals surface area contributed by atoms with E-state index in [1.165, 1.54) is 34.7 Å². The Hall–Kier alpha value is -4.49. The van der Waals surface area contributed by atoms with Crippen LogP contribution in [0.25, 0.3) is 11.4 Å². The minimum Gasteiger partial charge on any atom is -0.465 e. The number of benzene rings is 2. The summed E-state index contributed by atoms with van der Waals surface area (Å²) in [7, 11) is 0. The zero-order chi connectivity index (χ0) is 33.2. The van der Waals surface area contributed by atoms with Crippen LogP contribution in [0.5, 0.6) is 0 Å². The minimum atomic E-state index is -1.61. The number of ether oxygens (including phenoxy) is 1. The summed E-state index contributed by atoms with van der Waals surface area (Å²) in [5.74, 6) is -4.61. The van der Waals surface area contributed by atoms with Crippen molar-refractivity contribution in [3.8, 4) is 11.4 Å². The van der Waals surface area contributed by atoms with E-state index in [9.17, 15) is 32.7 Å². The highest BCUT2D eigenvalue weighted by molar-refractivity contribution is 5.83. The maximum Gasteiger partial charge on any atom is 0.407 e. The highest BCUT2D eigenvalue weighted by atomic mass is 19.1. The molecule has 1 aromatic heterocycles. The van der Waals surface area contributed by atoms with Crippen LogP contribution in [0.2, 0.25) is 0 Å². The molecule has 2 amide bonds. The van der Waals surface area contributed by atoms with Crippen molar-refractivity contribution in [2.45, 2.75) is 59.5 Å². The number of carbonyl (C=O) groups is 3. The van der Waals surface area contributed by atoms with Crippen LogP contribution in [0.1, 0.15) is 52.0 Å². The van der Waals surface area contributed by atoms with Gasteiger partial charge in [0.05, 0.1) is 24.7 Å². The molecule has 0 radical (unpaired) electrons. The van der Waals surface area contributed by atoms with Crippen molar-refractivity contribution in [3.63, 3.8) is 0 Å². The first-order valence-corrected chi connectivity index (χ1v) is 14.3. The zero-order valence-corrected chi connectivity index (χ0v) is 25.5. The van der Waals surface area contributed by atoms with E-state index in [0.29, 0.717) is 5.56 Å². The molecule has 1 fully saturated rings. The second kappa shape index (κ2) is 13.2. The van der Waals surface area contributed by atoms with E-state index >= 15 is 4.39 Å². The van der Waals surface area contributed by atoms with Crippen molar-refractivity contribution in [2.24, 2.45) is 11.3 Å². The summed E-state index contributed by atoms with van der Waals surface area (Å²) < 4.78 is 65.0. The Labute approximate surface area is 257 Å². The number of amides is 2. The molecule has 2 unspecified atom stereocenters. The largest absolute Gasteiger partial charge is 0.465 e. The van der Waals surface area contributed by atoms with Gasteiger partial charge in [0.1, 0.15) is 23.6 Å². The lowest BCUT2D eigenvalue weighted by atomic mass is 9.84. The van der Waals surface area contributed by atoms with Crippen LogP contribution >= 0.6 is 0 Å². The summed E-state index contributed by atoms with van der Waals surface area (Å²) in [5.41, 5.74) is -0.708. The van der Waals surface area contributed by atoms with Crippen LogP contribution in [0.4, 0.5) is 22.4 Å². The Morgan fingerprint density at radius 3 is 2.38 bits per heavy atom. The third-order valence-corrected chi connectivity index (χ3v) is 7.50. The second-order valence-corrected chi connectivity index (χ2v) is 12.2. The topological polar surface area (TPSA) is 118 Å². The maximum absolute atomic E-state index is 15.2. The Balaban J connectivity index is 1.90. The average molecular weight is 634 g/mol. The van der Waals surface area contributed by atoms with Gasteiger partial charge in [0.25, 0.3) is 5.91 Å². The van der Waals surface area contributed by atoms with Gasteiger partial charge in [-0.15, -0.1) is 0 Å². The number of likely N-dealkylation sites (tertiary alicyclic amines) is 1. The standard InChI is InChI=1S/C31H35F4N5O5/c1-17(45-18(2)41)29(42)39(15-20-14-38(30(43)44)16-25(20)35)26(31(3,4)5)28-36-27(23-12-22(33)9-10-24(23)34)37-40(28)13-19-7-6-8-21(32)11-19/h6-12,17,20,25-26H,13-16H2,1-5H3,(H,43,44)/t17-,20?,25?,26-/m0/s1. The van der Waals surface area contributed by atoms with Gasteiger partial charge in [0, 0.05) is 25.9 Å². The molecule has 45 heavy (non-hydrogen) atoms. The Morgan fingerprint density at radius 1 is 1.09 bits per heavy atom. The molecule has 4 rings (SSSR count). The molecule has 1 aliphatic rings. The number of carboxylic acid groups (broad SMARTS) is 1. The molecule has 242 valence electrons. The van der Waals surface area contributed by atoms with Gasteiger partial charge in [-0.05, 0) is 48.2 Å². The van der Waals surface area contributed by atoms with E-state index in [-0.39, 0.29) is 43.4 Å². The van der Waals surface area contributed by atoms with Gasteiger partial charge in [-0.2, -0.15) is 5.10 Å². The number of alkyl halides is 1. The molecule has 1 saturated heterocycles. The van der Waals surface area contributed by atoms with Crippen molar-refractivity contribution >= 4 is 18.0 Å². The van der Waals surface area contributed by atoms with Crippen molar-refractivity contribution in [1.29, 1.82) is 0 Å². The molecule has 3 aromatic rings. The van der Waals surface area contributed by atoms with Gasteiger partial charge in [-0.3, -0.25) is 9.59 Å². The number of carbonyl (C=O) groups excluding carboxylic acids is 2. The molecule has 0 spiro atoms. The molecule has 4 atom stereocenters. The third-order valence-electron chi connectivity index (χ3n) is 7.50. The highest BCUT2D eigenvalue weighted by Gasteiger charge is 2.45. The van der Waals surface area contributed by atoms with Crippen LogP contribution in [-0.4, -0.2) is 79.6 Å². The number of rotatable bonds is 9. The van der Waals surface area contributed by atoms with E-state index in [1.807, 2.05) is 0 Å². The molecular weight excluding hydrogens is 598 g/mol. The van der Waals surface area contributed by atoms with E-state index < -0.39 is 65.1 Å². The van der Waals surface area contributed by atoms with E-state index in [0.717, 1.165) is 30.0 Å². The summed E-state index contributed by atoms with van der Waals surface area (Å²) >= 11 is 0. The molecular formula is C31H35F4N5O5. The Morgan fingerprint density at radius 2 is 1.78 bits per heavy atom. The summed E-state index contributed by atoms with van der Waals surface area (Å²) in [6.07, 6.45) is -4.24. The zero-order valence-electron chi connectivity index (χ0n) is 25.5. The first-order chi connectivity index (χ1) is 21.0. The van der Waals surface area contributed by atoms with Gasteiger partial charge in [-0.25, -0.2) is 32.0 Å². The van der Waals surface area contributed by atoms with Gasteiger partial charge in [0.15, 0.2) is 17.8 Å². The lowest BCUT2D eigenvalue weighted by Crippen LogP contribution is -2.50. The van der Waals surface area contributed by atoms with E-state index in [1.54, 1.807) is 26.8 Å². The van der Waals surface area contributed by atoms with Crippen molar-refractivity contribution < 1.29 is 41.8 Å². The second-order valence-electron chi connectivity index (χ2n) is 12.2. The number of halogens is 4. The number of aromatic nitrogens is 3. The Kier molecular flexibility index (Phi) is 9.83. The summed E-state index contributed by atoms with van der Waals surface area (Å²) in [4.78, 5) is 44.2. The van der Waals surface area contributed by atoms with Crippen LogP contribution < -0.4 is 0 Å². The molecule has 1 aliphatic heterocycles. The fourth-order valence-corrected chi connectivity index (χ4v) is 5.53. The normalized spacial score (nSPS) is 18.0. The van der Waals surface area contributed by atoms with Crippen LogP contribution in [0.15, 0.2) is 42.5 Å². The van der Waals surface area contributed by atoms with Crippen LogP contribution in [-0.2, 0) is 20.9 Å². The quantitative estimate of drug-likeness (QED) is 0.254. The summed E-state index contributed by atoms with van der Waals surface area (Å²) in [6, 6.07) is 7.36. The fourth-order valence-electron chi connectivity index (χ4n) is 5.53. The fraction of sp³-hybridized carbons (Fsp3) is 0.452. The SMILES string of the molecule is CC(=O)O[C@@H](C)C(=O)N(CC1CN(C(=O)O)CC1F)[C@@H](c1nc(-c2cc(F)ccc2F)nn1Cc1cccc(F)c1)C(C)(C)C. The molecule has 1 N–H and O–H groups in total. The minimum absolute atomic E-state index is 0.0808. The number of esters is 1. The lowest BCUT2D eigenvalue weighted by molar-refractivity contribution is -0.160. The molecule has 0 saturated carbocycles. The maximum atomic E-state index is 15.2. The lowest BCUT2D eigenvalue weighted by Gasteiger charge is -2.41. The molecule has 2 aromatic carbocycles. The van der Waals surface area contributed by atoms with Gasteiger partial charge in [0.2, 0.25) is 0 Å². The molecule has 0 aliphatic carbocycles. The summed E-state index contributed by atoms with van der Waals surface area (Å²) in [5, 5.41) is 13.9. The van der Waals surface area contributed by atoms with Gasteiger partial charge in [-0.1, -0.05) is 32.9 Å². The number of nitrogens with zero attached hydrogens (tertiary/aromatic N) is 5. The first kappa shape index (κ1) is 33.4. The summed E-state index contributed by atoms with van der Waals surface area (Å²) in [6.45, 7) is 6.81. The molecule has 10 nitrogen and oxygen atoms in total. The van der Waals surface area contributed by atoms with Crippen LogP contribution in [0, 0.1) is 28.8 Å². The number of hydrogen-bond donors (Lipinski definition) is 1.